The van der Waals surface area contributed by atoms with E-state index in [0.29, 0.717) is 6.61 Å². The molecule has 0 N–H and O–H groups in total. The third kappa shape index (κ3) is 1.08. The Hall–Kier alpha value is -0.730. The smallest absolute Gasteiger partial charge is 0.429 e. The van der Waals surface area contributed by atoms with Crippen LogP contribution in [0.15, 0.2) is 0 Å². The molecule has 1 aliphatic rings. The predicted octanol–water partition coefficient (Wildman–Crippen LogP) is 1.30. The summed E-state index contributed by atoms with van der Waals surface area (Å²) in [4.78, 5) is 10.6. The fraction of sp³-hybridized carbons (Fsp3) is 0.857. The molecule has 3 nitrogen and oxygen atoms in total. The first-order chi connectivity index (χ1) is 4.72. The second kappa shape index (κ2) is 2.48. The van der Waals surface area contributed by atoms with Gasteiger partial charge in [0.05, 0.1) is 0 Å². The fourth-order valence-electron chi connectivity index (χ4n) is 1.07. The van der Waals surface area contributed by atoms with Crippen molar-refractivity contribution in [3.05, 3.63) is 0 Å². The minimum absolute atomic E-state index is 0.197. The van der Waals surface area contributed by atoms with Crippen molar-refractivity contribution >= 4 is 6.09 Å². The molecule has 1 rings (SSSR count). The molecule has 1 aliphatic heterocycles. The lowest BCUT2D eigenvalue weighted by Gasteiger charge is -2.19. The van der Waals surface area contributed by atoms with Gasteiger partial charge in [0.25, 0.3) is 0 Å². The summed E-state index contributed by atoms with van der Waals surface area (Å²) in [5.74, 6) is 0. The number of amides is 1. The van der Waals surface area contributed by atoms with Crippen molar-refractivity contribution < 1.29 is 9.53 Å². The molecule has 0 aliphatic carbocycles. The van der Waals surface area contributed by atoms with Crippen molar-refractivity contribution in [1.29, 1.82) is 0 Å². The van der Waals surface area contributed by atoms with Gasteiger partial charge in [0.2, 0.25) is 0 Å². The Bertz CT molecular complexity index is 141. The second-order valence-corrected chi connectivity index (χ2v) is 2.60. The molecule has 3 heteroatoms. The molecule has 0 aromatic carbocycles. The number of carbonyl (C=O) groups excluding carboxylic acids is 1. The van der Waals surface area contributed by atoms with Crippen LogP contribution in [-0.2, 0) is 4.74 Å². The van der Waals surface area contributed by atoms with Crippen LogP contribution in [0.5, 0.6) is 0 Å². The molecule has 0 unspecified atom stereocenters. The molecule has 1 saturated heterocycles. The molecule has 0 saturated carbocycles. The first kappa shape index (κ1) is 7.38. The van der Waals surface area contributed by atoms with Crippen LogP contribution in [0.4, 0.5) is 4.79 Å². The Balaban J connectivity index is 2.59. The number of carbonyl (C=O) groups is 1. The molecular formula is C7H12NO2. The van der Waals surface area contributed by atoms with E-state index in [2.05, 4.69) is 5.32 Å². The summed E-state index contributed by atoms with van der Waals surface area (Å²) in [7, 11) is 0. The van der Waals surface area contributed by atoms with Gasteiger partial charge in [-0.05, 0) is 12.8 Å². The first-order valence-corrected chi connectivity index (χ1v) is 3.62. The summed E-state index contributed by atoms with van der Waals surface area (Å²) in [5, 5.41) is 3.90. The summed E-state index contributed by atoms with van der Waals surface area (Å²) in [6.07, 6.45) is 1.37. The second-order valence-electron chi connectivity index (χ2n) is 2.60. The minimum Gasteiger partial charge on any atom is -0.446 e. The van der Waals surface area contributed by atoms with Crippen molar-refractivity contribution in [1.82, 2.24) is 5.32 Å². The van der Waals surface area contributed by atoms with E-state index < -0.39 is 6.09 Å². The Morgan fingerprint density at radius 1 is 1.60 bits per heavy atom. The highest BCUT2D eigenvalue weighted by Crippen LogP contribution is 2.22. The van der Waals surface area contributed by atoms with E-state index in [1.807, 2.05) is 13.8 Å². The molecule has 1 fully saturated rings. The molecule has 0 bridgehead atoms. The highest BCUT2D eigenvalue weighted by atomic mass is 16.6. The van der Waals surface area contributed by atoms with Crippen LogP contribution in [0.2, 0.25) is 0 Å². The summed E-state index contributed by atoms with van der Waals surface area (Å²) < 4.78 is 4.74. The van der Waals surface area contributed by atoms with Gasteiger partial charge in [-0.15, -0.1) is 0 Å². The van der Waals surface area contributed by atoms with Crippen molar-refractivity contribution in [2.45, 2.75) is 32.2 Å². The van der Waals surface area contributed by atoms with Crippen LogP contribution in [0, 0.1) is 0 Å². The predicted molar refractivity (Wildman–Crippen MR) is 36.8 cm³/mol. The lowest BCUT2D eigenvalue weighted by Crippen LogP contribution is -2.36. The SMILES string of the molecule is CCC1(CC)COC(=O)[N]1. The molecule has 10 heavy (non-hydrogen) atoms. The Morgan fingerprint density at radius 2 is 2.20 bits per heavy atom. The lowest BCUT2D eigenvalue weighted by atomic mass is 9.95. The van der Waals surface area contributed by atoms with Crippen LogP contribution < -0.4 is 5.32 Å². The van der Waals surface area contributed by atoms with E-state index in [1.54, 1.807) is 0 Å². The molecular weight excluding hydrogens is 130 g/mol. The number of ether oxygens (including phenoxy) is 1. The van der Waals surface area contributed by atoms with Crippen molar-refractivity contribution in [3.8, 4) is 0 Å². The third-order valence-corrected chi connectivity index (χ3v) is 2.11. The molecule has 0 spiro atoms. The maximum Gasteiger partial charge on any atom is 0.429 e. The quantitative estimate of drug-likeness (QED) is 0.583. The number of hydrogen-bond donors (Lipinski definition) is 0. The maximum absolute atomic E-state index is 10.6. The maximum atomic E-state index is 10.6. The molecule has 0 atom stereocenters. The van der Waals surface area contributed by atoms with Gasteiger partial charge in [0, 0.05) is 0 Å². The summed E-state index contributed by atoms with van der Waals surface area (Å²) in [6, 6.07) is 0. The van der Waals surface area contributed by atoms with Crippen LogP contribution >= 0.6 is 0 Å². The fourth-order valence-corrected chi connectivity index (χ4v) is 1.07. The van der Waals surface area contributed by atoms with E-state index in [0.717, 1.165) is 12.8 Å². The summed E-state index contributed by atoms with van der Waals surface area (Å²) in [5.41, 5.74) is -0.197. The zero-order valence-electron chi connectivity index (χ0n) is 6.39. The standard InChI is InChI=1S/C7H12NO2/c1-3-7(4-2)5-10-6(9)8-7/h3-5H2,1-2H3. The molecule has 0 aromatic heterocycles. The average molecular weight is 142 g/mol. The minimum atomic E-state index is -0.399. The zero-order chi connectivity index (χ0) is 7.61. The van der Waals surface area contributed by atoms with Gasteiger partial charge in [0.1, 0.15) is 12.1 Å². The summed E-state index contributed by atoms with van der Waals surface area (Å²) >= 11 is 0. The van der Waals surface area contributed by atoms with E-state index in [9.17, 15) is 4.79 Å². The van der Waals surface area contributed by atoms with Gasteiger partial charge in [0.15, 0.2) is 0 Å². The van der Waals surface area contributed by atoms with Gasteiger partial charge in [-0.3, -0.25) is 0 Å². The average Bonchev–Trinajstić information content (AvgIpc) is 2.33. The zero-order valence-corrected chi connectivity index (χ0v) is 6.39. The largest absolute Gasteiger partial charge is 0.446 e. The van der Waals surface area contributed by atoms with E-state index >= 15 is 0 Å². The monoisotopic (exact) mass is 142 g/mol. The number of nitrogens with zero attached hydrogens (tertiary/aromatic N) is 1. The van der Waals surface area contributed by atoms with Crippen molar-refractivity contribution in [2.75, 3.05) is 6.61 Å². The van der Waals surface area contributed by atoms with Gasteiger partial charge in [-0.1, -0.05) is 13.8 Å². The van der Waals surface area contributed by atoms with Gasteiger partial charge in [-0.25, -0.2) is 10.1 Å². The Kier molecular flexibility index (Phi) is 1.83. The van der Waals surface area contributed by atoms with Crippen LogP contribution in [-0.4, -0.2) is 18.2 Å². The number of hydrogen-bond acceptors (Lipinski definition) is 2. The van der Waals surface area contributed by atoms with Crippen molar-refractivity contribution in [3.63, 3.8) is 0 Å². The molecule has 57 valence electrons. The molecule has 1 heterocycles. The van der Waals surface area contributed by atoms with Gasteiger partial charge in [-0.2, -0.15) is 0 Å². The highest BCUT2D eigenvalue weighted by molar-refractivity contribution is 5.70. The molecule has 0 aromatic rings. The van der Waals surface area contributed by atoms with E-state index in [4.69, 9.17) is 4.74 Å². The van der Waals surface area contributed by atoms with Gasteiger partial charge >= 0.3 is 6.09 Å². The number of cyclic esters (lactones) is 1. The van der Waals surface area contributed by atoms with Crippen LogP contribution in [0.25, 0.3) is 0 Å². The molecule has 1 amide bonds. The van der Waals surface area contributed by atoms with Crippen LogP contribution in [0.3, 0.4) is 0 Å². The summed E-state index contributed by atoms with van der Waals surface area (Å²) in [6.45, 7) is 4.52. The number of rotatable bonds is 2. The Labute approximate surface area is 60.7 Å². The normalized spacial score (nSPS) is 22.0. The highest BCUT2D eigenvalue weighted by Gasteiger charge is 2.38. The van der Waals surface area contributed by atoms with Gasteiger partial charge < -0.3 is 4.74 Å². The Morgan fingerprint density at radius 3 is 2.40 bits per heavy atom. The molecule has 1 radical (unpaired) electrons. The first-order valence-electron chi connectivity index (χ1n) is 3.62. The third-order valence-electron chi connectivity index (χ3n) is 2.11. The topological polar surface area (TPSA) is 40.4 Å². The lowest BCUT2D eigenvalue weighted by molar-refractivity contribution is 0.171. The van der Waals surface area contributed by atoms with E-state index in [-0.39, 0.29) is 5.54 Å². The van der Waals surface area contributed by atoms with Crippen LogP contribution in [0.1, 0.15) is 26.7 Å². The van der Waals surface area contributed by atoms with Crippen molar-refractivity contribution in [2.24, 2.45) is 0 Å². The van der Waals surface area contributed by atoms with E-state index in [1.165, 1.54) is 0 Å².